The second kappa shape index (κ2) is 6.52. The Morgan fingerprint density at radius 2 is 2.11 bits per heavy atom. The first-order chi connectivity index (χ1) is 9.22. The highest BCUT2D eigenvalue weighted by molar-refractivity contribution is 5.78. The van der Waals surface area contributed by atoms with Gasteiger partial charge in [0.2, 0.25) is 5.91 Å². The number of nitrogens with one attached hydrogen (secondary N) is 2. The Labute approximate surface area is 114 Å². The number of hydrogen-bond donors (Lipinski definition) is 2. The number of amides is 1. The van der Waals surface area contributed by atoms with Crippen molar-refractivity contribution in [3.63, 3.8) is 0 Å². The van der Waals surface area contributed by atoms with Crippen LogP contribution in [0.1, 0.15) is 18.5 Å². The zero-order valence-corrected chi connectivity index (χ0v) is 11.6. The SMILES string of the molecule is CNC(=O)C1CCN(Cc2cccc(NC)n2)CC1. The van der Waals surface area contributed by atoms with Gasteiger partial charge in [-0.2, -0.15) is 0 Å². The van der Waals surface area contributed by atoms with Gasteiger partial charge in [-0.15, -0.1) is 0 Å². The van der Waals surface area contributed by atoms with E-state index in [0.29, 0.717) is 0 Å². The minimum absolute atomic E-state index is 0.176. The fraction of sp³-hybridized carbons (Fsp3) is 0.571. The second-order valence-corrected chi connectivity index (χ2v) is 4.93. The number of rotatable bonds is 4. The number of hydrogen-bond acceptors (Lipinski definition) is 4. The molecule has 0 saturated carbocycles. The molecule has 1 fully saturated rings. The summed E-state index contributed by atoms with van der Waals surface area (Å²) < 4.78 is 0. The molecule has 1 aliphatic rings. The lowest BCUT2D eigenvalue weighted by Crippen LogP contribution is -2.39. The van der Waals surface area contributed by atoms with E-state index in [1.807, 2.05) is 25.2 Å². The predicted molar refractivity (Wildman–Crippen MR) is 75.9 cm³/mol. The molecule has 2 heterocycles. The van der Waals surface area contributed by atoms with Gasteiger partial charge < -0.3 is 10.6 Å². The summed E-state index contributed by atoms with van der Waals surface area (Å²) >= 11 is 0. The minimum atomic E-state index is 0.176. The van der Waals surface area contributed by atoms with E-state index >= 15 is 0 Å². The van der Waals surface area contributed by atoms with Crippen LogP contribution >= 0.6 is 0 Å². The maximum Gasteiger partial charge on any atom is 0.222 e. The lowest BCUT2D eigenvalue weighted by atomic mass is 9.96. The first-order valence-electron chi connectivity index (χ1n) is 6.80. The Morgan fingerprint density at radius 1 is 1.37 bits per heavy atom. The lowest BCUT2D eigenvalue weighted by Gasteiger charge is -2.30. The van der Waals surface area contributed by atoms with E-state index in [4.69, 9.17) is 0 Å². The molecule has 1 aliphatic heterocycles. The summed E-state index contributed by atoms with van der Waals surface area (Å²) in [5, 5.41) is 5.79. The van der Waals surface area contributed by atoms with Crippen molar-refractivity contribution in [3.8, 4) is 0 Å². The molecule has 19 heavy (non-hydrogen) atoms. The molecule has 0 spiro atoms. The molecule has 0 bridgehead atoms. The lowest BCUT2D eigenvalue weighted by molar-refractivity contribution is -0.125. The molecular weight excluding hydrogens is 240 g/mol. The predicted octanol–water partition coefficient (Wildman–Crippen LogP) is 1.08. The fourth-order valence-electron chi connectivity index (χ4n) is 2.49. The third kappa shape index (κ3) is 3.67. The topological polar surface area (TPSA) is 57.3 Å². The van der Waals surface area contributed by atoms with Crippen LogP contribution in [-0.2, 0) is 11.3 Å². The van der Waals surface area contributed by atoms with Crippen molar-refractivity contribution >= 4 is 11.7 Å². The van der Waals surface area contributed by atoms with Crippen molar-refractivity contribution in [2.24, 2.45) is 5.92 Å². The molecular formula is C14H22N4O. The highest BCUT2D eigenvalue weighted by atomic mass is 16.1. The molecule has 1 saturated heterocycles. The maximum absolute atomic E-state index is 11.6. The minimum Gasteiger partial charge on any atom is -0.373 e. The van der Waals surface area contributed by atoms with Crippen LogP contribution < -0.4 is 10.6 Å². The van der Waals surface area contributed by atoms with Gasteiger partial charge in [-0.05, 0) is 38.1 Å². The van der Waals surface area contributed by atoms with Gasteiger partial charge in [-0.3, -0.25) is 9.69 Å². The number of likely N-dealkylation sites (tertiary alicyclic amines) is 1. The third-order valence-electron chi connectivity index (χ3n) is 3.65. The number of nitrogens with zero attached hydrogens (tertiary/aromatic N) is 2. The van der Waals surface area contributed by atoms with Crippen molar-refractivity contribution < 1.29 is 4.79 Å². The standard InChI is InChI=1S/C14H22N4O/c1-15-13-5-3-4-12(17-13)10-18-8-6-11(7-9-18)14(19)16-2/h3-5,11H,6-10H2,1-2H3,(H,15,17)(H,16,19). The Kier molecular flexibility index (Phi) is 4.74. The average molecular weight is 262 g/mol. The maximum atomic E-state index is 11.6. The van der Waals surface area contributed by atoms with Crippen molar-refractivity contribution in [1.29, 1.82) is 0 Å². The first kappa shape index (κ1) is 13.8. The second-order valence-electron chi connectivity index (χ2n) is 4.93. The smallest absolute Gasteiger partial charge is 0.222 e. The molecule has 0 unspecified atom stereocenters. The molecule has 1 aromatic rings. The zero-order chi connectivity index (χ0) is 13.7. The summed E-state index contributed by atoms with van der Waals surface area (Å²) in [5.41, 5.74) is 1.07. The van der Waals surface area contributed by atoms with Gasteiger partial charge >= 0.3 is 0 Å². The number of piperidine rings is 1. The van der Waals surface area contributed by atoms with E-state index in [0.717, 1.165) is 44.0 Å². The van der Waals surface area contributed by atoms with Gasteiger partial charge in [-0.1, -0.05) is 6.07 Å². The van der Waals surface area contributed by atoms with E-state index in [1.165, 1.54) is 0 Å². The van der Waals surface area contributed by atoms with E-state index in [1.54, 1.807) is 7.05 Å². The Bertz CT molecular complexity index is 427. The number of carbonyl (C=O) groups excluding carboxylic acids is 1. The normalized spacial score (nSPS) is 17.2. The Morgan fingerprint density at radius 3 is 2.74 bits per heavy atom. The van der Waals surface area contributed by atoms with Gasteiger partial charge in [0.05, 0.1) is 5.69 Å². The molecule has 0 radical (unpaired) electrons. The van der Waals surface area contributed by atoms with Crippen LogP contribution in [0.4, 0.5) is 5.82 Å². The third-order valence-corrected chi connectivity index (χ3v) is 3.65. The van der Waals surface area contributed by atoms with Crippen LogP contribution in [0.25, 0.3) is 0 Å². The molecule has 0 atom stereocenters. The highest BCUT2D eigenvalue weighted by Gasteiger charge is 2.24. The molecule has 5 heteroatoms. The monoisotopic (exact) mass is 262 g/mol. The van der Waals surface area contributed by atoms with Crippen molar-refractivity contribution in [2.45, 2.75) is 19.4 Å². The summed E-state index contributed by atoms with van der Waals surface area (Å²) in [6, 6.07) is 6.03. The summed E-state index contributed by atoms with van der Waals surface area (Å²) in [4.78, 5) is 18.5. The van der Waals surface area contributed by atoms with Gasteiger partial charge in [0, 0.05) is 26.6 Å². The summed E-state index contributed by atoms with van der Waals surface area (Å²) in [6.07, 6.45) is 1.87. The van der Waals surface area contributed by atoms with Gasteiger partial charge in [-0.25, -0.2) is 4.98 Å². The number of carbonyl (C=O) groups is 1. The van der Waals surface area contributed by atoms with E-state index in [-0.39, 0.29) is 11.8 Å². The van der Waals surface area contributed by atoms with Crippen molar-refractivity contribution in [1.82, 2.24) is 15.2 Å². The fourth-order valence-corrected chi connectivity index (χ4v) is 2.49. The van der Waals surface area contributed by atoms with Crippen LogP contribution in [0.3, 0.4) is 0 Å². The van der Waals surface area contributed by atoms with Crippen LogP contribution in [0.15, 0.2) is 18.2 Å². The van der Waals surface area contributed by atoms with Gasteiger partial charge in [0.1, 0.15) is 5.82 Å². The molecule has 104 valence electrons. The van der Waals surface area contributed by atoms with Crippen LogP contribution in [0.5, 0.6) is 0 Å². The molecule has 2 rings (SSSR count). The molecule has 1 aromatic heterocycles. The van der Waals surface area contributed by atoms with Crippen molar-refractivity contribution in [2.75, 3.05) is 32.5 Å². The number of anilines is 1. The van der Waals surface area contributed by atoms with Crippen molar-refractivity contribution in [3.05, 3.63) is 23.9 Å². The van der Waals surface area contributed by atoms with Gasteiger partial charge in [0.25, 0.3) is 0 Å². The molecule has 0 aliphatic carbocycles. The van der Waals surface area contributed by atoms with E-state index < -0.39 is 0 Å². The van der Waals surface area contributed by atoms with E-state index in [9.17, 15) is 4.79 Å². The van der Waals surface area contributed by atoms with Crippen LogP contribution in [0.2, 0.25) is 0 Å². The van der Waals surface area contributed by atoms with E-state index in [2.05, 4.69) is 20.5 Å². The number of pyridine rings is 1. The average Bonchev–Trinajstić information content (AvgIpc) is 2.47. The molecule has 0 aromatic carbocycles. The highest BCUT2D eigenvalue weighted by Crippen LogP contribution is 2.19. The quantitative estimate of drug-likeness (QED) is 0.852. The van der Waals surface area contributed by atoms with Crippen LogP contribution in [0, 0.1) is 5.92 Å². The Balaban J connectivity index is 1.86. The molecule has 2 N–H and O–H groups in total. The van der Waals surface area contributed by atoms with Crippen LogP contribution in [-0.4, -0.2) is 43.0 Å². The first-order valence-corrected chi connectivity index (χ1v) is 6.80. The Hall–Kier alpha value is -1.62. The summed E-state index contributed by atoms with van der Waals surface area (Å²) in [6.45, 7) is 2.78. The summed E-state index contributed by atoms with van der Waals surface area (Å²) in [7, 11) is 3.59. The largest absolute Gasteiger partial charge is 0.373 e. The number of aromatic nitrogens is 1. The molecule has 1 amide bonds. The molecule has 5 nitrogen and oxygen atoms in total. The summed E-state index contributed by atoms with van der Waals surface area (Å²) in [5.74, 6) is 1.26. The zero-order valence-electron chi connectivity index (χ0n) is 11.6. The van der Waals surface area contributed by atoms with Gasteiger partial charge in [0.15, 0.2) is 0 Å².